The minimum atomic E-state index is 0.00480. The van der Waals surface area contributed by atoms with Crippen molar-refractivity contribution < 1.29 is 9.90 Å². The van der Waals surface area contributed by atoms with Crippen LogP contribution in [0, 0.1) is 11.3 Å². The minimum Gasteiger partial charge on any atom is -0.394 e. The molecule has 0 radical (unpaired) electrons. The van der Waals surface area contributed by atoms with Crippen molar-refractivity contribution in [1.82, 2.24) is 4.90 Å². The smallest absolute Gasteiger partial charge is 0.232 e. The average molecular weight is 214 g/mol. The third-order valence-corrected chi connectivity index (χ3v) is 3.08. The van der Waals surface area contributed by atoms with Crippen molar-refractivity contribution in [1.29, 1.82) is 5.26 Å². The summed E-state index contributed by atoms with van der Waals surface area (Å²) < 4.78 is 0. The summed E-state index contributed by atoms with van der Waals surface area (Å²) in [5.41, 5.74) is 0. The molecule has 5 heteroatoms. The Hall–Kier alpha value is -0.730. The van der Waals surface area contributed by atoms with Crippen LogP contribution in [0.3, 0.4) is 0 Å². The van der Waals surface area contributed by atoms with Crippen molar-refractivity contribution in [3.05, 3.63) is 0 Å². The summed E-state index contributed by atoms with van der Waals surface area (Å²) in [5, 5.41) is 17.3. The normalized spacial score (nSPS) is 20.9. The zero-order valence-corrected chi connectivity index (χ0v) is 8.79. The summed E-state index contributed by atoms with van der Waals surface area (Å²) in [6.45, 7) is 0.797. The van der Waals surface area contributed by atoms with Gasteiger partial charge in [0.1, 0.15) is 0 Å². The maximum atomic E-state index is 11.6. The first-order chi connectivity index (χ1) is 6.79. The third kappa shape index (κ3) is 2.89. The van der Waals surface area contributed by atoms with Crippen LogP contribution < -0.4 is 0 Å². The summed E-state index contributed by atoms with van der Waals surface area (Å²) in [5.74, 6) is 0.745. The number of nitrogens with zero attached hydrogens (tertiary/aromatic N) is 2. The van der Waals surface area contributed by atoms with E-state index in [0.717, 1.165) is 19.4 Å². The highest BCUT2D eigenvalue weighted by molar-refractivity contribution is 8.00. The maximum absolute atomic E-state index is 11.6. The van der Waals surface area contributed by atoms with Gasteiger partial charge in [0.25, 0.3) is 0 Å². The molecule has 0 unspecified atom stereocenters. The summed E-state index contributed by atoms with van der Waals surface area (Å²) in [7, 11) is 0. The Morgan fingerprint density at radius 2 is 2.50 bits per heavy atom. The van der Waals surface area contributed by atoms with Crippen LogP contribution in [0.5, 0.6) is 0 Å². The van der Waals surface area contributed by atoms with Crippen LogP contribution in [-0.4, -0.2) is 46.6 Å². The SMILES string of the molecule is N#CCSCC(=O)N1CCC[C@H]1CO. The summed E-state index contributed by atoms with van der Waals surface area (Å²) in [6.07, 6.45) is 1.87. The largest absolute Gasteiger partial charge is 0.394 e. The van der Waals surface area contributed by atoms with Crippen molar-refractivity contribution in [3.63, 3.8) is 0 Å². The van der Waals surface area contributed by atoms with Crippen LogP contribution in [0.1, 0.15) is 12.8 Å². The summed E-state index contributed by atoms with van der Waals surface area (Å²) in [6, 6.07) is 1.99. The van der Waals surface area contributed by atoms with Gasteiger partial charge in [0.2, 0.25) is 5.91 Å². The lowest BCUT2D eigenvalue weighted by molar-refractivity contribution is -0.129. The molecule has 1 aliphatic heterocycles. The molecule has 4 nitrogen and oxygen atoms in total. The van der Waals surface area contributed by atoms with Gasteiger partial charge in [-0.05, 0) is 12.8 Å². The van der Waals surface area contributed by atoms with Gasteiger partial charge in [-0.15, -0.1) is 11.8 Å². The quantitative estimate of drug-likeness (QED) is 0.680. The van der Waals surface area contributed by atoms with Gasteiger partial charge in [-0.3, -0.25) is 4.79 Å². The lowest BCUT2D eigenvalue weighted by Gasteiger charge is -2.22. The fourth-order valence-corrected chi connectivity index (χ4v) is 2.15. The van der Waals surface area contributed by atoms with Crippen LogP contribution in [-0.2, 0) is 4.79 Å². The van der Waals surface area contributed by atoms with Crippen LogP contribution in [0.4, 0.5) is 0 Å². The van der Waals surface area contributed by atoms with Gasteiger partial charge in [-0.2, -0.15) is 5.26 Å². The molecule has 1 fully saturated rings. The van der Waals surface area contributed by atoms with Crippen molar-refractivity contribution in [2.24, 2.45) is 0 Å². The molecule has 14 heavy (non-hydrogen) atoms. The summed E-state index contributed by atoms with van der Waals surface area (Å²) >= 11 is 1.33. The number of hydrogen-bond acceptors (Lipinski definition) is 4. The molecule has 1 aliphatic rings. The van der Waals surface area contributed by atoms with E-state index in [2.05, 4.69) is 0 Å². The number of likely N-dealkylation sites (tertiary alicyclic amines) is 1. The van der Waals surface area contributed by atoms with Crippen molar-refractivity contribution in [3.8, 4) is 6.07 Å². The van der Waals surface area contributed by atoms with Gasteiger partial charge in [0, 0.05) is 6.54 Å². The molecule has 0 aromatic heterocycles. The number of carbonyl (C=O) groups excluding carboxylic acids is 1. The first-order valence-electron chi connectivity index (χ1n) is 4.64. The topological polar surface area (TPSA) is 64.3 Å². The number of rotatable bonds is 4. The van der Waals surface area contributed by atoms with Crippen molar-refractivity contribution >= 4 is 17.7 Å². The second-order valence-electron chi connectivity index (χ2n) is 3.22. The minimum absolute atomic E-state index is 0.00480. The molecule has 1 saturated heterocycles. The molecule has 1 heterocycles. The average Bonchev–Trinajstić information content (AvgIpc) is 2.65. The van der Waals surface area contributed by atoms with Gasteiger partial charge in [-0.25, -0.2) is 0 Å². The Balaban J connectivity index is 2.32. The second kappa shape index (κ2) is 5.89. The predicted octanol–water partition coefficient (Wildman–Crippen LogP) is 0.226. The molecule has 78 valence electrons. The molecule has 1 N–H and O–H groups in total. The van der Waals surface area contributed by atoms with Crippen LogP contribution in [0.15, 0.2) is 0 Å². The lowest BCUT2D eigenvalue weighted by Crippen LogP contribution is -2.38. The van der Waals surface area contributed by atoms with Gasteiger partial charge in [0.05, 0.1) is 30.2 Å². The van der Waals surface area contributed by atoms with Crippen LogP contribution in [0.25, 0.3) is 0 Å². The molecule has 0 bridgehead atoms. The van der Waals surface area contributed by atoms with Crippen molar-refractivity contribution in [2.45, 2.75) is 18.9 Å². The number of hydrogen-bond donors (Lipinski definition) is 1. The molecule has 0 aromatic carbocycles. The van der Waals surface area contributed by atoms with E-state index in [1.165, 1.54) is 11.8 Å². The van der Waals surface area contributed by atoms with Crippen molar-refractivity contribution in [2.75, 3.05) is 24.7 Å². The Bertz CT molecular complexity index is 239. The van der Waals surface area contributed by atoms with E-state index in [-0.39, 0.29) is 18.6 Å². The van der Waals surface area contributed by atoms with Crippen LogP contribution in [0.2, 0.25) is 0 Å². The first-order valence-corrected chi connectivity index (χ1v) is 5.80. The Kier molecular flexibility index (Phi) is 4.77. The molecule has 1 rings (SSSR count). The monoisotopic (exact) mass is 214 g/mol. The number of aliphatic hydroxyl groups is 1. The van der Waals surface area contributed by atoms with E-state index in [4.69, 9.17) is 10.4 Å². The van der Waals surface area contributed by atoms with Gasteiger partial charge < -0.3 is 10.0 Å². The number of amides is 1. The molecule has 0 aromatic rings. The zero-order chi connectivity index (χ0) is 10.4. The fraction of sp³-hybridized carbons (Fsp3) is 0.778. The Morgan fingerprint density at radius 1 is 1.71 bits per heavy atom. The van der Waals surface area contributed by atoms with E-state index < -0.39 is 0 Å². The molecule has 1 atom stereocenters. The molecule has 0 spiro atoms. The third-order valence-electron chi connectivity index (χ3n) is 2.30. The highest BCUT2D eigenvalue weighted by Gasteiger charge is 2.27. The Morgan fingerprint density at radius 3 is 3.14 bits per heavy atom. The molecular weight excluding hydrogens is 200 g/mol. The van der Waals surface area contributed by atoms with E-state index in [1.807, 2.05) is 6.07 Å². The van der Waals surface area contributed by atoms with E-state index >= 15 is 0 Å². The number of thioether (sulfide) groups is 1. The summed E-state index contributed by atoms with van der Waals surface area (Å²) in [4.78, 5) is 13.3. The predicted molar refractivity (Wildman–Crippen MR) is 54.8 cm³/mol. The van der Waals surface area contributed by atoms with Gasteiger partial charge in [-0.1, -0.05) is 0 Å². The first kappa shape index (κ1) is 11.3. The van der Waals surface area contributed by atoms with Gasteiger partial charge in [0.15, 0.2) is 0 Å². The van der Waals surface area contributed by atoms with E-state index in [9.17, 15) is 4.79 Å². The molecular formula is C9H14N2O2S. The zero-order valence-electron chi connectivity index (χ0n) is 7.98. The number of nitriles is 1. The highest BCUT2D eigenvalue weighted by atomic mass is 32.2. The molecule has 1 amide bonds. The van der Waals surface area contributed by atoms with Crippen LogP contribution >= 0.6 is 11.8 Å². The fourth-order valence-electron chi connectivity index (χ4n) is 1.62. The van der Waals surface area contributed by atoms with E-state index in [1.54, 1.807) is 4.90 Å². The number of carbonyl (C=O) groups is 1. The Labute approximate surface area is 87.9 Å². The maximum Gasteiger partial charge on any atom is 0.232 e. The number of aliphatic hydroxyl groups excluding tert-OH is 1. The highest BCUT2D eigenvalue weighted by Crippen LogP contribution is 2.17. The second-order valence-corrected chi connectivity index (χ2v) is 4.20. The molecule has 0 saturated carbocycles. The standard InChI is InChI=1S/C9H14N2O2S/c10-3-5-14-7-9(13)11-4-1-2-8(11)6-12/h8,12H,1-2,4-7H2/t8-/m0/s1. The molecule has 0 aliphatic carbocycles. The van der Waals surface area contributed by atoms with E-state index in [0.29, 0.717) is 11.5 Å². The lowest BCUT2D eigenvalue weighted by atomic mass is 10.2. The van der Waals surface area contributed by atoms with Gasteiger partial charge >= 0.3 is 0 Å².